The number of esters is 1. The second kappa shape index (κ2) is 8.00. The van der Waals surface area contributed by atoms with Crippen LogP contribution in [0.4, 0.5) is 0 Å². The lowest BCUT2D eigenvalue weighted by molar-refractivity contribution is -0.148. The molecule has 0 spiro atoms. The standard InChI is InChI=1S/C19H19NO3/c1-4-7-17(16-8-5-6-11-20-16)23-19(21)13-15-10-9-14(2)18(12-15)22-3/h1,5-6,8-12,17H,7,13H2,2-3H3/t17-/m0/s1. The zero-order valence-electron chi connectivity index (χ0n) is 13.3. The third-order valence-corrected chi connectivity index (χ3v) is 3.42. The van der Waals surface area contributed by atoms with Gasteiger partial charge in [0.05, 0.1) is 25.6 Å². The zero-order chi connectivity index (χ0) is 16.7. The van der Waals surface area contributed by atoms with E-state index in [0.717, 1.165) is 16.9 Å². The first kappa shape index (κ1) is 16.6. The van der Waals surface area contributed by atoms with E-state index in [-0.39, 0.29) is 12.4 Å². The number of benzene rings is 1. The maximum atomic E-state index is 12.2. The number of pyridine rings is 1. The van der Waals surface area contributed by atoms with Gasteiger partial charge >= 0.3 is 5.97 Å². The number of aromatic nitrogens is 1. The largest absolute Gasteiger partial charge is 0.496 e. The maximum Gasteiger partial charge on any atom is 0.310 e. The average molecular weight is 309 g/mol. The summed E-state index contributed by atoms with van der Waals surface area (Å²) in [7, 11) is 1.61. The minimum absolute atomic E-state index is 0.157. The van der Waals surface area contributed by atoms with Gasteiger partial charge in [-0.25, -0.2) is 0 Å². The number of terminal acetylenes is 1. The summed E-state index contributed by atoms with van der Waals surface area (Å²) in [5.41, 5.74) is 2.50. The number of hydrogen-bond acceptors (Lipinski definition) is 4. The average Bonchev–Trinajstić information content (AvgIpc) is 2.57. The van der Waals surface area contributed by atoms with Crippen LogP contribution in [-0.2, 0) is 16.0 Å². The first-order chi connectivity index (χ1) is 11.1. The summed E-state index contributed by atoms with van der Waals surface area (Å²) in [4.78, 5) is 16.4. The minimum Gasteiger partial charge on any atom is -0.496 e. The topological polar surface area (TPSA) is 48.4 Å². The van der Waals surface area contributed by atoms with Crippen LogP contribution < -0.4 is 4.74 Å². The lowest BCUT2D eigenvalue weighted by Crippen LogP contribution is -2.14. The highest BCUT2D eigenvalue weighted by molar-refractivity contribution is 5.73. The lowest BCUT2D eigenvalue weighted by atomic mass is 10.1. The predicted octanol–water partition coefficient (Wildman–Crippen LogP) is 3.25. The minimum atomic E-state index is -0.527. The van der Waals surface area contributed by atoms with Crippen molar-refractivity contribution in [2.45, 2.75) is 25.9 Å². The van der Waals surface area contributed by atoms with Gasteiger partial charge in [0.1, 0.15) is 5.75 Å². The molecule has 0 saturated heterocycles. The molecule has 23 heavy (non-hydrogen) atoms. The Morgan fingerprint density at radius 1 is 1.35 bits per heavy atom. The van der Waals surface area contributed by atoms with E-state index in [2.05, 4.69) is 10.9 Å². The lowest BCUT2D eigenvalue weighted by Gasteiger charge is -2.15. The Morgan fingerprint density at radius 2 is 2.17 bits per heavy atom. The van der Waals surface area contributed by atoms with Crippen molar-refractivity contribution in [2.75, 3.05) is 7.11 Å². The predicted molar refractivity (Wildman–Crippen MR) is 88.0 cm³/mol. The Hall–Kier alpha value is -2.80. The highest BCUT2D eigenvalue weighted by Gasteiger charge is 2.17. The molecule has 0 N–H and O–H groups in total. The molecule has 4 nitrogen and oxygen atoms in total. The Kier molecular flexibility index (Phi) is 5.76. The second-order valence-corrected chi connectivity index (χ2v) is 5.12. The molecular formula is C19H19NO3. The molecule has 118 valence electrons. The van der Waals surface area contributed by atoms with Gasteiger partial charge in [0, 0.05) is 6.20 Å². The first-order valence-corrected chi connectivity index (χ1v) is 7.31. The van der Waals surface area contributed by atoms with Gasteiger partial charge in [-0.2, -0.15) is 0 Å². The molecule has 2 rings (SSSR count). The highest BCUT2D eigenvalue weighted by Crippen LogP contribution is 2.22. The molecule has 0 aliphatic heterocycles. The van der Waals surface area contributed by atoms with Crippen LogP contribution in [0.2, 0.25) is 0 Å². The third-order valence-electron chi connectivity index (χ3n) is 3.42. The number of carbonyl (C=O) groups is 1. The van der Waals surface area contributed by atoms with Gasteiger partial charge in [-0.05, 0) is 36.2 Å². The molecule has 1 atom stereocenters. The van der Waals surface area contributed by atoms with Crippen LogP contribution in [0.3, 0.4) is 0 Å². The number of nitrogens with zero attached hydrogens (tertiary/aromatic N) is 1. The molecule has 4 heteroatoms. The van der Waals surface area contributed by atoms with E-state index in [9.17, 15) is 4.79 Å². The number of methoxy groups -OCH3 is 1. The fraction of sp³-hybridized carbons (Fsp3) is 0.263. The molecule has 2 aromatic rings. The normalized spacial score (nSPS) is 11.3. The molecule has 1 heterocycles. The van der Waals surface area contributed by atoms with Crippen LogP contribution in [0.15, 0.2) is 42.6 Å². The molecule has 0 fully saturated rings. The fourth-order valence-electron chi connectivity index (χ4n) is 2.22. The Morgan fingerprint density at radius 3 is 2.83 bits per heavy atom. The smallest absolute Gasteiger partial charge is 0.310 e. The summed E-state index contributed by atoms with van der Waals surface area (Å²) < 4.78 is 10.8. The van der Waals surface area contributed by atoms with Crippen LogP contribution in [0.1, 0.15) is 29.3 Å². The summed E-state index contributed by atoms with van der Waals surface area (Å²) in [6, 6.07) is 11.1. The van der Waals surface area contributed by atoms with E-state index < -0.39 is 6.10 Å². The van der Waals surface area contributed by atoms with E-state index in [1.54, 1.807) is 25.4 Å². The summed E-state index contributed by atoms with van der Waals surface area (Å²) in [6.07, 6.45) is 6.94. The summed E-state index contributed by atoms with van der Waals surface area (Å²) in [6.45, 7) is 1.95. The Labute approximate surface area is 136 Å². The van der Waals surface area contributed by atoms with Crippen LogP contribution in [0, 0.1) is 19.3 Å². The maximum absolute atomic E-state index is 12.2. The third kappa shape index (κ3) is 4.58. The summed E-state index contributed by atoms with van der Waals surface area (Å²) in [5.74, 6) is 2.93. The molecule has 1 aromatic heterocycles. The first-order valence-electron chi connectivity index (χ1n) is 7.31. The molecule has 0 saturated carbocycles. The van der Waals surface area contributed by atoms with Crippen LogP contribution >= 0.6 is 0 Å². The Bertz CT molecular complexity index is 704. The zero-order valence-corrected chi connectivity index (χ0v) is 13.3. The molecule has 0 aliphatic carbocycles. The van der Waals surface area contributed by atoms with Crippen molar-refractivity contribution in [3.05, 3.63) is 59.4 Å². The molecule has 0 aliphatic rings. The van der Waals surface area contributed by atoms with Crippen LogP contribution in [-0.4, -0.2) is 18.1 Å². The van der Waals surface area contributed by atoms with Gasteiger partial charge < -0.3 is 9.47 Å². The Balaban J connectivity index is 2.06. The van der Waals surface area contributed by atoms with Gasteiger partial charge in [-0.15, -0.1) is 12.3 Å². The number of ether oxygens (including phenoxy) is 2. The number of hydrogen-bond donors (Lipinski definition) is 0. The number of aryl methyl sites for hydroxylation is 1. The highest BCUT2D eigenvalue weighted by atomic mass is 16.5. The van der Waals surface area contributed by atoms with Crippen molar-refractivity contribution in [3.8, 4) is 18.1 Å². The van der Waals surface area contributed by atoms with E-state index in [1.807, 2.05) is 31.2 Å². The second-order valence-electron chi connectivity index (χ2n) is 5.12. The number of rotatable bonds is 6. The van der Waals surface area contributed by atoms with Crippen molar-refractivity contribution in [1.82, 2.24) is 4.98 Å². The quantitative estimate of drug-likeness (QED) is 0.607. The van der Waals surface area contributed by atoms with E-state index in [4.69, 9.17) is 15.9 Å². The van der Waals surface area contributed by atoms with Crippen LogP contribution in [0.25, 0.3) is 0 Å². The van der Waals surface area contributed by atoms with Crippen molar-refractivity contribution in [3.63, 3.8) is 0 Å². The fourth-order valence-corrected chi connectivity index (χ4v) is 2.22. The molecule has 0 radical (unpaired) electrons. The van der Waals surface area contributed by atoms with Gasteiger partial charge in [-0.3, -0.25) is 9.78 Å². The number of carbonyl (C=O) groups excluding carboxylic acids is 1. The van der Waals surface area contributed by atoms with Crippen molar-refractivity contribution >= 4 is 5.97 Å². The van der Waals surface area contributed by atoms with E-state index in [0.29, 0.717) is 12.1 Å². The molecule has 0 bridgehead atoms. The van der Waals surface area contributed by atoms with Crippen molar-refractivity contribution in [2.24, 2.45) is 0 Å². The van der Waals surface area contributed by atoms with E-state index >= 15 is 0 Å². The van der Waals surface area contributed by atoms with Gasteiger partial charge in [0.25, 0.3) is 0 Å². The van der Waals surface area contributed by atoms with Gasteiger partial charge in [-0.1, -0.05) is 18.2 Å². The molecular weight excluding hydrogens is 290 g/mol. The summed E-state index contributed by atoms with van der Waals surface area (Å²) in [5, 5.41) is 0. The van der Waals surface area contributed by atoms with Crippen molar-refractivity contribution < 1.29 is 14.3 Å². The van der Waals surface area contributed by atoms with Gasteiger partial charge in [0.2, 0.25) is 0 Å². The SMILES string of the molecule is C#CC[C@H](OC(=O)Cc1ccc(C)c(OC)c1)c1ccccn1. The molecule has 0 amide bonds. The van der Waals surface area contributed by atoms with E-state index in [1.165, 1.54) is 0 Å². The van der Waals surface area contributed by atoms with Gasteiger partial charge in [0.15, 0.2) is 6.10 Å². The van der Waals surface area contributed by atoms with Crippen molar-refractivity contribution in [1.29, 1.82) is 0 Å². The summed E-state index contributed by atoms with van der Waals surface area (Å²) >= 11 is 0. The molecule has 0 unspecified atom stereocenters. The monoisotopic (exact) mass is 309 g/mol. The molecule has 1 aromatic carbocycles. The van der Waals surface area contributed by atoms with Crippen LogP contribution in [0.5, 0.6) is 5.75 Å².